The number of nitrogens with zero attached hydrogens (tertiary/aromatic N) is 4. The number of nitrogens with one attached hydrogen (secondary N) is 1. The molecule has 1 aromatic carbocycles. The van der Waals surface area contributed by atoms with Crippen LogP contribution in [0.1, 0.15) is 27.7 Å². The van der Waals surface area contributed by atoms with Gasteiger partial charge in [0, 0.05) is 18.9 Å². The quantitative estimate of drug-likeness (QED) is 0.340. The lowest BCUT2D eigenvalue weighted by Gasteiger charge is -2.24. The number of carbonyl (C=O) groups excluding carboxylic acids is 4. The third kappa shape index (κ3) is 6.77. The van der Waals surface area contributed by atoms with Gasteiger partial charge in [-0.05, 0) is 55.8 Å². The molecule has 0 saturated carbocycles. The van der Waals surface area contributed by atoms with Crippen LogP contribution in [-0.2, 0) is 33.4 Å². The maximum absolute atomic E-state index is 13.0. The summed E-state index contributed by atoms with van der Waals surface area (Å²) < 4.78 is 15.5. The Bertz CT molecular complexity index is 1240. The molecule has 37 heavy (non-hydrogen) atoms. The molecule has 0 spiro atoms. The highest BCUT2D eigenvalue weighted by atomic mass is 79.9. The molecule has 1 aromatic heterocycles. The normalized spacial score (nSPS) is 16.3. The summed E-state index contributed by atoms with van der Waals surface area (Å²) in [5.41, 5.74) is 1.93. The van der Waals surface area contributed by atoms with Crippen LogP contribution in [0.4, 0.5) is 5.69 Å². The van der Waals surface area contributed by atoms with Crippen molar-refractivity contribution in [1.29, 1.82) is 0 Å². The first-order valence-electron chi connectivity index (χ1n) is 11.3. The zero-order valence-electron chi connectivity index (χ0n) is 20.5. The van der Waals surface area contributed by atoms with Gasteiger partial charge in [0.1, 0.15) is 11.6 Å². The molecule has 2 aromatic rings. The first kappa shape index (κ1) is 27.9. The number of esters is 3. The second kappa shape index (κ2) is 12.1. The number of guanidine groups is 1. The number of aliphatic hydroxyl groups is 1. The number of hydrogen-bond acceptors (Lipinski definition) is 12. The molecule has 0 saturated heterocycles. The molecule has 1 aliphatic rings. The number of ether oxygens (including phenoxy) is 3. The van der Waals surface area contributed by atoms with Gasteiger partial charge in [0.15, 0.2) is 18.3 Å². The molecule has 4 unspecified atom stereocenters. The van der Waals surface area contributed by atoms with Gasteiger partial charge in [-0.15, -0.1) is 0 Å². The van der Waals surface area contributed by atoms with Crippen LogP contribution in [0.5, 0.6) is 0 Å². The highest BCUT2D eigenvalue weighted by molar-refractivity contribution is 9.10. The van der Waals surface area contributed by atoms with E-state index in [1.807, 2.05) is 0 Å². The molecule has 3 rings (SSSR count). The van der Waals surface area contributed by atoms with Crippen LogP contribution in [-0.4, -0.2) is 87.3 Å². The van der Waals surface area contributed by atoms with Crippen molar-refractivity contribution in [3.05, 3.63) is 29.0 Å². The van der Waals surface area contributed by atoms with E-state index in [1.54, 1.807) is 24.5 Å². The van der Waals surface area contributed by atoms with Crippen LogP contribution in [0, 0.1) is 0 Å². The number of rotatable bonds is 8. The van der Waals surface area contributed by atoms with E-state index < -0.39 is 48.2 Å². The monoisotopic (exact) mass is 579 g/mol. The second-order valence-electron chi connectivity index (χ2n) is 8.08. The average molecular weight is 580 g/mol. The van der Waals surface area contributed by atoms with Gasteiger partial charge in [0.2, 0.25) is 5.96 Å². The zero-order valence-corrected chi connectivity index (χ0v) is 22.1. The van der Waals surface area contributed by atoms with Gasteiger partial charge in [-0.2, -0.15) is 0 Å². The van der Waals surface area contributed by atoms with Crippen LogP contribution in [0.2, 0.25) is 0 Å². The highest BCUT2D eigenvalue weighted by Gasteiger charge is 2.33. The summed E-state index contributed by atoms with van der Waals surface area (Å²) in [4.78, 5) is 63.1. The Balaban J connectivity index is 1.58. The molecule has 13 nitrogen and oxygen atoms in total. The van der Waals surface area contributed by atoms with Gasteiger partial charge in [0.05, 0.1) is 22.2 Å². The second-order valence-corrected chi connectivity index (χ2v) is 8.88. The minimum absolute atomic E-state index is 0.269. The molecule has 1 aliphatic heterocycles. The van der Waals surface area contributed by atoms with E-state index in [1.165, 1.54) is 32.6 Å². The summed E-state index contributed by atoms with van der Waals surface area (Å²) in [7, 11) is 0. The number of hydrogen-bond donors (Lipinski definition) is 2. The standard InChI is InChI=1S/C23H26BrN5O8/c1-11(30)20(32)36-13(3)22(34)37-14(4)21(33)35-12(2)19(31)29-10-9-27-23(29)28-15-5-6-16-18(17(15)24)26-8-7-25-16/h5-8,11-14,30H,9-10H2,1-4H3,(H,27,28). The Morgan fingerprint density at radius 2 is 1.54 bits per heavy atom. The molecular formula is C23H26BrN5O8. The summed E-state index contributed by atoms with van der Waals surface area (Å²) in [6, 6.07) is 3.54. The Hall–Kier alpha value is -3.65. The maximum Gasteiger partial charge on any atom is 0.347 e. The van der Waals surface area contributed by atoms with Crippen molar-refractivity contribution in [2.45, 2.75) is 52.1 Å². The first-order valence-corrected chi connectivity index (χ1v) is 12.1. The zero-order chi connectivity index (χ0) is 27.3. The lowest BCUT2D eigenvalue weighted by molar-refractivity contribution is -0.181. The largest absolute Gasteiger partial charge is 0.450 e. The van der Waals surface area contributed by atoms with Crippen LogP contribution in [0.15, 0.2) is 34.0 Å². The predicted octanol–water partition coefficient (Wildman–Crippen LogP) is 1.18. The number of aromatic nitrogens is 2. The fourth-order valence-corrected chi connectivity index (χ4v) is 3.70. The summed E-state index contributed by atoms with van der Waals surface area (Å²) >= 11 is 3.50. The van der Waals surface area contributed by atoms with Crippen molar-refractivity contribution < 1.29 is 38.5 Å². The van der Waals surface area contributed by atoms with Crippen molar-refractivity contribution in [1.82, 2.24) is 14.9 Å². The van der Waals surface area contributed by atoms with Gasteiger partial charge in [-0.1, -0.05) is 0 Å². The minimum atomic E-state index is -1.42. The molecule has 4 atom stereocenters. The van der Waals surface area contributed by atoms with Gasteiger partial charge in [-0.25, -0.2) is 14.4 Å². The van der Waals surface area contributed by atoms with E-state index in [-0.39, 0.29) is 12.5 Å². The number of aliphatic imine (C=N–C) groups is 1. The number of carbonyl (C=O) groups is 4. The number of fused-ring (bicyclic) bond motifs is 1. The van der Waals surface area contributed by atoms with E-state index in [9.17, 15) is 19.2 Å². The molecule has 0 fully saturated rings. The summed E-state index contributed by atoms with van der Waals surface area (Å²) in [5.74, 6) is -3.26. The topological polar surface area (TPSA) is 170 Å². The molecule has 0 radical (unpaired) electrons. The van der Waals surface area contributed by atoms with Gasteiger partial charge in [0.25, 0.3) is 5.91 Å². The van der Waals surface area contributed by atoms with Crippen LogP contribution in [0.3, 0.4) is 0 Å². The molecule has 0 bridgehead atoms. The van der Waals surface area contributed by atoms with Crippen molar-refractivity contribution in [2.75, 3.05) is 18.4 Å². The van der Waals surface area contributed by atoms with E-state index >= 15 is 0 Å². The lowest BCUT2D eigenvalue weighted by Crippen LogP contribution is -2.45. The number of amides is 1. The van der Waals surface area contributed by atoms with Gasteiger partial charge < -0.3 is 24.6 Å². The van der Waals surface area contributed by atoms with E-state index in [0.29, 0.717) is 27.7 Å². The number of aliphatic hydroxyl groups excluding tert-OH is 1. The van der Waals surface area contributed by atoms with Crippen LogP contribution < -0.4 is 5.32 Å². The summed E-state index contributed by atoms with van der Waals surface area (Å²) in [6.45, 7) is 5.67. The Labute approximate surface area is 220 Å². The van der Waals surface area contributed by atoms with Gasteiger partial charge >= 0.3 is 17.9 Å². The minimum Gasteiger partial charge on any atom is -0.450 e. The predicted molar refractivity (Wildman–Crippen MR) is 133 cm³/mol. The van der Waals surface area contributed by atoms with E-state index in [4.69, 9.17) is 19.3 Å². The van der Waals surface area contributed by atoms with Crippen LogP contribution in [0.25, 0.3) is 11.0 Å². The molecular weight excluding hydrogens is 554 g/mol. The molecule has 1 amide bonds. The Morgan fingerprint density at radius 3 is 2.19 bits per heavy atom. The molecule has 14 heteroatoms. The van der Waals surface area contributed by atoms with Crippen molar-refractivity contribution in [3.8, 4) is 0 Å². The SMILES string of the molecule is CC(O)C(=O)OC(C)C(=O)OC(C)C(=O)OC(C)C(=O)N1CCN=C1Nc1ccc2nccnc2c1Br. The highest BCUT2D eigenvalue weighted by Crippen LogP contribution is 2.29. The van der Waals surface area contributed by atoms with Crippen molar-refractivity contribution in [3.63, 3.8) is 0 Å². The smallest absolute Gasteiger partial charge is 0.347 e. The van der Waals surface area contributed by atoms with Crippen molar-refractivity contribution in [2.24, 2.45) is 4.99 Å². The molecule has 2 N–H and O–H groups in total. The van der Waals surface area contributed by atoms with E-state index in [2.05, 4.69) is 36.2 Å². The molecule has 0 aliphatic carbocycles. The molecule has 2 heterocycles. The lowest BCUT2D eigenvalue weighted by atomic mass is 10.2. The van der Waals surface area contributed by atoms with Crippen LogP contribution >= 0.6 is 15.9 Å². The van der Waals surface area contributed by atoms with Gasteiger partial charge in [-0.3, -0.25) is 24.7 Å². The number of anilines is 1. The Kier molecular flexibility index (Phi) is 9.10. The fourth-order valence-electron chi connectivity index (χ4n) is 3.17. The average Bonchev–Trinajstić information content (AvgIpc) is 3.33. The van der Waals surface area contributed by atoms with E-state index in [0.717, 1.165) is 0 Å². The Morgan fingerprint density at radius 1 is 0.946 bits per heavy atom. The summed E-state index contributed by atoms with van der Waals surface area (Å²) in [5, 5.41) is 12.3. The number of halogens is 1. The first-order chi connectivity index (χ1) is 17.5. The fraction of sp³-hybridized carbons (Fsp3) is 0.435. The third-order valence-electron chi connectivity index (χ3n) is 5.16. The molecule has 198 valence electrons. The maximum atomic E-state index is 13.0. The third-order valence-corrected chi connectivity index (χ3v) is 5.97. The summed E-state index contributed by atoms with van der Waals surface area (Å²) in [6.07, 6.45) is -2.22. The van der Waals surface area contributed by atoms with Crippen molar-refractivity contribution >= 4 is 62.4 Å². The number of benzene rings is 1.